The van der Waals surface area contributed by atoms with E-state index in [9.17, 15) is 19.7 Å². The van der Waals surface area contributed by atoms with Crippen molar-refractivity contribution in [1.82, 2.24) is 10.7 Å². The molecule has 2 N–H and O–H groups in total. The summed E-state index contributed by atoms with van der Waals surface area (Å²) in [5, 5.41) is 19.4. The number of benzene rings is 2. The van der Waals surface area contributed by atoms with Crippen LogP contribution in [-0.4, -0.2) is 34.7 Å². The summed E-state index contributed by atoms with van der Waals surface area (Å²) in [5.41, 5.74) is 3.69. The van der Waals surface area contributed by atoms with Crippen molar-refractivity contribution in [2.45, 2.75) is 11.8 Å². The number of carbonyl (C=O) groups is 2. The molecule has 1 aromatic heterocycles. The molecule has 0 saturated carbocycles. The molecule has 0 fully saturated rings. The predicted octanol–water partition coefficient (Wildman–Crippen LogP) is 3.84. The molecule has 2 amide bonds. The molecule has 0 saturated heterocycles. The Morgan fingerprint density at radius 3 is 2.50 bits per heavy atom. The molecule has 164 valence electrons. The number of hydrazone groups is 1. The van der Waals surface area contributed by atoms with Gasteiger partial charge in [-0.3, -0.25) is 19.7 Å². The first-order chi connectivity index (χ1) is 15.5. The van der Waals surface area contributed by atoms with E-state index >= 15 is 0 Å². The summed E-state index contributed by atoms with van der Waals surface area (Å²) in [6.45, 7) is 0. The maximum Gasteiger partial charge on any atom is 0.269 e. The third kappa shape index (κ3) is 7.03. The van der Waals surface area contributed by atoms with Crippen molar-refractivity contribution in [2.24, 2.45) is 5.10 Å². The normalized spacial score (nSPS) is 11.8. The lowest BCUT2D eigenvalue weighted by molar-refractivity contribution is -0.384. The highest BCUT2D eigenvalue weighted by atomic mass is 32.2. The monoisotopic (exact) mass is 468 g/mol. The Morgan fingerprint density at radius 2 is 1.84 bits per heavy atom. The van der Waals surface area contributed by atoms with Crippen molar-refractivity contribution in [2.75, 3.05) is 5.75 Å². The van der Waals surface area contributed by atoms with Crippen LogP contribution in [0.2, 0.25) is 0 Å². The third-order valence-electron chi connectivity index (χ3n) is 4.27. The molecular weight excluding hydrogens is 448 g/mol. The second kappa shape index (κ2) is 11.8. The van der Waals surface area contributed by atoms with Crippen LogP contribution in [-0.2, 0) is 10.5 Å². The van der Waals surface area contributed by atoms with Gasteiger partial charge in [0.05, 0.1) is 11.1 Å². The molecule has 0 aliphatic rings. The Hall–Kier alpha value is -3.50. The van der Waals surface area contributed by atoms with Gasteiger partial charge in [0.15, 0.2) is 0 Å². The number of amides is 2. The van der Waals surface area contributed by atoms with Gasteiger partial charge in [0.25, 0.3) is 17.5 Å². The van der Waals surface area contributed by atoms with E-state index in [0.29, 0.717) is 11.5 Å². The maximum absolute atomic E-state index is 12.7. The highest BCUT2D eigenvalue weighted by Crippen LogP contribution is 2.15. The molecule has 0 aliphatic carbocycles. The standard InChI is InChI=1S/C22H20N4O4S2/c27-21(17-8-10-18(11-9-17)26(29)30)24-20(15-31-14-16-5-2-1-3-6-16)22(28)25-23-13-19-7-4-12-32-19/h1-13,20H,14-15H2,(H,24,27)(H,25,28). The summed E-state index contributed by atoms with van der Waals surface area (Å²) >= 11 is 2.99. The third-order valence-corrected chi connectivity index (χ3v) is 6.18. The Kier molecular flexibility index (Phi) is 8.52. The lowest BCUT2D eigenvalue weighted by Gasteiger charge is -2.17. The predicted molar refractivity (Wildman–Crippen MR) is 127 cm³/mol. The average Bonchev–Trinajstić information content (AvgIpc) is 3.32. The van der Waals surface area contributed by atoms with E-state index in [1.165, 1.54) is 53.6 Å². The zero-order valence-electron chi connectivity index (χ0n) is 16.8. The number of nitro benzene ring substituents is 1. The van der Waals surface area contributed by atoms with Crippen LogP contribution in [0.1, 0.15) is 20.8 Å². The van der Waals surface area contributed by atoms with E-state index < -0.39 is 22.8 Å². The fraction of sp³-hybridized carbons (Fsp3) is 0.136. The number of hydrogen-bond donors (Lipinski definition) is 2. The number of hydrogen-bond acceptors (Lipinski definition) is 7. The van der Waals surface area contributed by atoms with Crippen LogP contribution >= 0.6 is 23.1 Å². The molecule has 10 heteroatoms. The Morgan fingerprint density at radius 1 is 1.09 bits per heavy atom. The van der Waals surface area contributed by atoms with Crippen LogP contribution in [0.4, 0.5) is 5.69 Å². The van der Waals surface area contributed by atoms with E-state index in [0.717, 1.165) is 10.4 Å². The zero-order valence-corrected chi connectivity index (χ0v) is 18.5. The van der Waals surface area contributed by atoms with Crippen LogP contribution in [0.15, 0.2) is 77.2 Å². The van der Waals surface area contributed by atoms with Gasteiger partial charge in [-0.15, -0.1) is 11.3 Å². The van der Waals surface area contributed by atoms with Crippen LogP contribution in [0.25, 0.3) is 0 Å². The second-order valence-electron chi connectivity index (χ2n) is 6.58. The molecule has 3 rings (SSSR count). The van der Waals surface area contributed by atoms with E-state index in [4.69, 9.17) is 0 Å². The zero-order chi connectivity index (χ0) is 22.8. The highest BCUT2D eigenvalue weighted by molar-refractivity contribution is 7.98. The second-order valence-corrected chi connectivity index (χ2v) is 8.59. The molecule has 0 spiro atoms. The van der Waals surface area contributed by atoms with Crippen molar-refractivity contribution in [3.8, 4) is 0 Å². The van der Waals surface area contributed by atoms with Gasteiger partial charge in [-0.05, 0) is 29.1 Å². The summed E-state index contributed by atoms with van der Waals surface area (Å²) < 4.78 is 0. The summed E-state index contributed by atoms with van der Waals surface area (Å²) in [6.07, 6.45) is 1.54. The summed E-state index contributed by atoms with van der Waals surface area (Å²) in [7, 11) is 0. The maximum atomic E-state index is 12.7. The molecule has 8 nitrogen and oxygen atoms in total. The van der Waals surface area contributed by atoms with Crippen molar-refractivity contribution in [3.63, 3.8) is 0 Å². The molecule has 0 radical (unpaired) electrons. The lowest BCUT2D eigenvalue weighted by atomic mass is 10.2. The molecular formula is C22H20N4O4S2. The highest BCUT2D eigenvalue weighted by Gasteiger charge is 2.22. The molecule has 3 aromatic rings. The minimum absolute atomic E-state index is 0.114. The number of carbonyl (C=O) groups excluding carboxylic acids is 2. The Bertz CT molecular complexity index is 1070. The van der Waals surface area contributed by atoms with Crippen LogP contribution in [0, 0.1) is 10.1 Å². The quantitative estimate of drug-likeness (QED) is 0.267. The lowest BCUT2D eigenvalue weighted by Crippen LogP contribution is -2.47. The van der Waals surface area contributed by atoms with Crippen molar-refractivity contribution < 1.29 is 14.5 Å². The van der Waals surface area contributed by atoms with E-state index in [1.54, 1.807) is 0 Å². The number of thiophene rings is 1. The molecule has 32 heavy (non-hydrogen) atoms. The first-order valence-corrected chi connectivity index (χ1v) is 11.6. The van der Waals surface area contributed by atoms with E-state index in [2.05, 4.69) is 15.8 Å². The minimum Gasteiger partial charge on any atom is -0.339 e. The number of non-ortho nitro benzene ring substituents is 1. The van der Waals surface area contributed by atoms with Gasteiger partial charge in [0.1, 0.15) is 6.04 Å². The molecule has 1 heterocycles. The van der Waals surface area contributed by atoms with Gasteiger partial charge in [-0.25, -0.2) is 5.43 Å². The SMILES string of the molecule is O=C(NC(CSCc1ccccc1)C(=O)NN=Cc1cccs1)c1ccc([N+](=O)[O-])cc1. The smallest absolute Gasteiger partial charge is 0.269 e. The van der Waals surface area contributed by atoms with Crippen LogP contribution in [0.5, 0.6) is 0 Å². The Balaban J connectivity index is 1.64. The van der Waals surface area contributed by atoms with Crippen LogP contribution < -0.4 is 10.7 Å². The van der Waals surface area contributed by atoms with Gasteiger partial charge in [0.2, 0.25) is 0 Å². The number of thioether (sulfide) groups is 1. The van der Waals surface area contributed by atoms with Gasteiger partial charge in [-0.2, -0.15) is 16.9 Å². The number of rotatable bonds is 10. The molecule has 1 atom stereocenters. The fourth-order valence-corrected chi connectivity index (χ4v) is 4.23. The van der Waals surface area contributed by atoms with Gasteiger partial charge < -0.3 is 5.32 Å². The molecule has 2 aromatic carbocycles. The first kappa shape index (κ1) is 23.2. The summed E-state index contributed by atoms with van der Waals surface area (Å²) in [6, 6.07) is 17.9. The van der Waals surface area contributed by atoms with E-state index in [-0.39, 0.29) is 11.3 Å². The van der Waals surface area contributed by atoms with Gasteiger partial charge >= 0.3 is 0 Å². The Labute approximate surface area is 192 Å². The molecule has 0 bridgehead atoms. The molecule has 1 unspecified atom stereocenters. The topological polar surface area (TPSA) is 114 Å². The number of nitrogens with zero attached hydrogens (tertiary/aromatic N) is 2. The average molecular weight is 469 g/mol. The van der Waals surface area contributed by atoms with Gasteiger partial charge in [-0.1, -0.05) is 36.4 Å². The summed E-state index contributed by atoms with van der Waals surface area (Å²) in [4.78, 5) is 36.5. The van der Waals surface area contributed by atoms with Crippen molar-refractivity contribution in [3.05, 3.63) is 98.2 Å². The number of nitrogens with one attached hydrogen (secondary N) is 2. The number of nitro groups is 1. The summed E-state index contributed by atoms with van der Waals surface area (Å²) in [5.74, 6) is 0.0565. The van der Waals surface area contributed by atoms with E-state index in [1.807, 2.05) is 47.8 Å². The van der Waals surface area contributed by atoms with Crippen molar-refractivity contribution in [1.29, 1.82) is 0 Å². The fourth-order valence-electron chi connectivity index (χ4n) is 2.63. The minimum atomic E-state index is -0.841. The van der Waals surface area contributed by atoms with Crippen molar-refractivity contribution >= 4 is 46.8 Å². The first-order valence-electron chi connectivity index (χ1n) is 9.56. The van der Waals surface area contributed by atoms with Crippen LogP contribution in [0.3, 0.4) is 0 Å². The molecule has 0 aliphatic heterocycles. The largest absolute Gasteiger partial charge is 0.339 e. The van der Waals surface area contributed by atoms with Gasteiger partial charge in [0, 0.05) is 34.1 Å².